The standard InChI is InChI=1S/C12H10O5S/c1-17-12(13)11-9-5-3-2-4-8(9)6-7-10(11)18(14,15)16/h2-7H,1H3,(H,14,15,16). The van der Waals surface area contributed by atoms with Gasteiger partial charge in [0.1, 0.15) is 4.90 Å². The van der Waals surface area contributed by atoms with Gasteiger partial charge in [-0.05, 0) is 16.8 Å². The molecule has 2 aromatic carbocycles. The van der Waals surface area contributed by atoms with Crippen LogP contribution in [0.4, 0.5) is 0 Å². The Balaban J connectivity index is 2.93. The highest BCUT2D eigenvalue weighted by atomic mass is 32.2. The summed E-state index contributed by atoms with van der Waals surface area (Å²) in [5.41, 5.74) is -0.155. The van der Waals surface area contributed by atoms with Crippen molar-refractivity contribution in [3.8, 4) is 0 Å². The first kappa shape index (κ1) is 12.5. The van der Waals surface area contributed by atoms with Crippen molar-refractivity contribution >= 4 is 26.9 Å². The molecule has 0 aliphatic rings. The molecular formula is C12H10O5S. The minimum absolute atomic E-state index is 0.155. The molecule has 2 rings (SSSR count). The molecule has 0 radical (unpaired) electrons. The lowest BCUT2D eigenvalue weighted by molar-refractivity contribution is 0.0598. The zero-order chi connectivity index (χ0) is 13.3. The van der Waals surface area contributed by atoms with Gasteiger partial charge in [0.05, 0.1) is 12.7 Å². The van der Waals surface area contributed by atoms with Crippen LogP contribution >= 0.6 is 0 Å². The Hall–Kier alpha value is -1.92. The molecule has 1 N–H and O–H groups in total. The highest BCUT2D eigenvalue weighted by molar-refractivity contribution is 7.86. The van der Waals surface area contributed by atoms with Crippen molar-refractivity contribution in [2.45, 2.75) is 4.90 Å². The molecular weight excluding hydrogens is 256 g/mol. The number of carbonyl (C=O) groups is 1. The van der Waals surface area contributed by atoms with Crippen LogP contribution in [-0.4, -0.2) is 26.0 Å². The number of hydrogen-bond acceptors (Lipinski definition) is 4. The lowest BCUT2D eigenvalue weighted by Gasteiger charge is -2.09. The summed E-state index contributed by atoms with van der Waals surface area (Å²) in [6.07, 6.45) is 0. The molecule has 0 saturated carbocycles. The summed E-state index contributed by atoms with van der Waals surface area (Å²) < 4.78 is 36.2. The fourth-order valence-electron chi connectivity index (χ4n) is 1.78. The first-order chi connectivity index (χ1) is 8.45. The largest absolute Gasteiger partial charge is 0.465 e. The van der Waals surface area contributed by atoms with E-state index in [0.717, 1.165) is 7.11 Å². The Morgan fingerprint density at radius 1 is 1.17 bits per heavy atom. The molecule has 0 atom stereocenters. The van der Waals surface area contributed by atoms with Gasteiger partial charge < -0.3 is 4.74 Å². The zero-order valence-corrected chi connectivity index (χ0v) is 10.3. The van der Waals surface area contributed by atoms with Gasteiger partial charge in [0.15, 0.2) is 0 Å². The molecule has 0 heterocycles. The number of ether oxygens (including phenoxy) is 1. The van der Waals surface area contributed by atoms with Gasteiger partial charge in [-0.1, -0.05) is 30.3 Å². The summed E-state index contributed by atoms with van der Waals surface area (Å²) in [6.45, 7) is 0. The Morgan fingerprint density at radius 2 is 1.83 bits per heavy atom. The number of esters is 1. The molecule has 2 aromatic rings. The molecule has 0 spiro atoms. The molecule has 5 nitrogen and oxygen atoms in total. The maximum absolute atomic E-state index is 11.7. The van der Waals surface area contributed by atoms with Crippen LogP contribution in [0.3, 0.4) is 0 Å². The second-order valence-electron chi connectivity index (χ2n) is 3.63. The van der Waals surface area contributed by atoms with Crippen molar-refractivity contribution in [1.29, 1.82) is 0 Å². The molecule has 0 bridgehead atoms. The van der Waals surface area contributed by atoms with Crippen molar-refractivity contribution in [1.82, 2.24) is 0 Å². The molecule has 0 aromatic heterocycles. The first-order valence-electron chi connectivity index (χ1n) is 5.02. The molecule has 6 heteroatoms. The highest BCUT2D eigenvalue weighted by Crippen LogP contribution is 2.26. The smallest absolute Gasteiger partial charge is 0.339 e. The van der Waals surface area contributed by atoms with Gasteiger partial charge in [0.25, 0.3) is 10.1 Å². The minimum Gasteiger partial charge on any atom is -0.465 e. The molecule has 0 saturated heterocycles. The van der Waals surface area contributed by atoms with Crippen LogP contribution in [0.25, 0.3) is 10.8 Å². The van der Waals surface area contributed by atoms with Crippen molar-refractivity contribution in [3.05, 3.63) is 42.0 Å². The summed E-state index contributed by atoms with van der Waals surface area (Å²) in [7, 11) is -3.33. The van der Waals surface area contributed by atoms with E-state index in [9.17, 15) is 13.2 Å². The van der Waals surface area contributed by atoms with E-state index in [-0.39, 0.29) is 5.56 Å². The van der Waals surface area contributed by atoms with E-state index < -0.39 is 21.0 Å². The van der Waals surface area contributed by atoms with E-state index in [1.807, 2.05) is 0 Å². The van der Waals surface area contributed by atoms with E-state index in [0.29, 0.717) is 10.8 Å². The molecule has 0 amide bonds. The maximum Gasteiger partial charge on any atom is 0.339 e. The van der Waals surface area contributed by atoms with Crippen molar-refractivity contribution in [2.24, 2.45) is 0 Å². The third-order valence-corrected chi connectivity index (χ3v) is 3.45. The Morgan fingerprint density at radius 3 is 2.44 bits per heavy atom. The lowest BCUT2D eigenvalue weighted by Crippen LogP contribution is -2.10. The van der Waals surface area contributed by atoms with Gasteiger partial charge in [0, 0.05) is 0 Å². The average Bonchev–Trinajstić information content (AvgIpc) is 2.35. The monoisotopic (exact) mass is 266 g/mol. The van der Waals surface area contributed by atoms with E-state index in [4.69, 9.17) is 4.55 Å². The fraction of sp³-hybridized carbons (Fsp3) is 0.0833. The van der Waals surface area contributed by atoms with Crippen LogP contribution in [0.2, 0.25) is 0 Å². The van der Waals surface area contributed by atoms with Crippen LogP contribution in [0.15, 0.2) is 41.3 Å². The third-order valence-electron chi connectivity index (χ3n) is 2.56. The molecule has 0 aliphatic heterocycles. The maximum atomic E-state index is 11.7. The Labute approximate surface area is 104 Å². The topological polar surface area (TPSA) is 80.7 Å². The van der Waals surface area contributed by atoms with Gasteiger partial charge in [-0.15, -0.1) is 0 Å². The summed E-state index contributed by atoms with van der Waals surface area (Å²) in [6, 6.07) is 9.46. The van der Waals surface area contributed by atoms with E-state index in [1.165, 1.54) is 12.1 Å². The predicted octanol–water partition coefficient (Wildman–Crippen LogP) is 1.87. The predicted molar refractivity (Wildman–Crippen MR) is 65.1 cm³/mol. The molecule has 0 unspecified atom stereocenters. The first-order valence-corrected chi connectivity index (χ1v) is 6.46. The second-order valence-corrected chi connectivity index (χ2v) is 5.02. The molecule has 0 aliphatic carbocycles. The van der Waals surface area contributed by atoms with Gasteiger partial charge in [0.2, 0.25) is 0 Å². The van der Waals surface area contributed by atoms with Crippen molar-refractivity contribution < 1.29 is 22.5 Å². The van der Waals surface area contributed by atoms with Crippen molar-refractivity contribution in [3.63, 3.8) is 0 Å². The number of methoxy groups -OCH3 is 1. The van der Waals surface area contributed by atoms with Crippen LogP contribution in [0.5, 0.6) is 0 Å². The number of benzene rings is 2. The van der Waals surface area contributed by atoms with Gasteiger partial charge in [-0.25, -0.2) is 4.79 Å². The number of carbonyl (C=O) groups excluding carboxylic acids is 1. The number of rotatable bonds is 2. The van der Waals surface area contributed by atoms with E-state index >= 15 is 0 Å². The van der Waals surface area contributed by atoms with Gasteiger partial charge in [-0.2, -0.15) is 8.42 Å². The average molecular weight is 266 g/mol. The third kappa shape index (κ3) is 2.07. The fourth-order valence-corrected chi connectivity index (χ4v) is 2.47. The summed E-state index contributed by atoms with van der Waals surface area (Å²) in [4.78, 5) is 11.2. The van der Waals surface area contributed by atoms with Crippen LogP contribution < -0.4 is 0 Å². The Kier molecular flexibility index (Phi) is 3.06. The number of hydrogen-bond donors (Lipinski definition) is 1. The highest BCUT2D eigenvalue weighted by Gasteiger charge is 2.23. The molecule has 18 heavy (non-hydrogen) atoms. The molecule has 0 fully saturated rings. The van der Waals surface area contributed by atoms with E-state index in [1.54, 1.807) is 24.3 Å². The Bertz CT molecular complexity index is 718. The van der Waals surface area contributed by atoms with Crippen molar-refractivity contribution in [2.75, 3.05) is 7.11 Å². The minimum atomic E-state index is -4.48. The van der Waals surface area contributed by atoms with Crippen LogP contribution in [0, 0.1) is 0 Å². The normalized spacial score (nSPS) is 11.4. The summed E-state index contributed by atoms with van der Waals surface area (Å²) in [5, 5.41) is 1.10. The van der Waals surface area contributed by atoms with Crippen LogP contribution in [-0.2, 0) is 14.9 Å². The quantitative estimate of drug-likeness (QED) is 0.663. The van der Waals surface area contributed by atoms with Gasteiger partial charge >= 0.3 is 5.97 Å². The van der Waals surface area contributed by atoms with E-state index in [2.05, 4.69) is 4.74 Å². The summed E-state index contributed by atoms with van der Waals surface area (Å²) >= 11 is 0. The second kappa shape index (κ2) is 4.40. The number of fused-ring (bicyclic) bond motifs is 1. The SMILES string of the molecule is COC(=O)c1c(S(=O)(=O)O)ccc2ccccc12. The molecule has 94 valence electrons. The van der Waals surface area contributed by atoms with Gasteiger partial charge in [-0.3, -0.25) is 4.55 Å². The zero-order valence-electron chi connectivity index (χ0n) is 9.45. The summed E-state index contributed by atoms with van der Waals surface area (Å²) in [5.74, 6) is -0.806. The van der Waals surface area contributed by atoms with Crippen LogP contribution in [0.1, 0.15) is 10.4 Å². The lowest BCUT2D eigenvalue weighted by atomic mass is 10.0.